The Labute approximate surface area is 208 Å². The molecule has 4 aromatic rings. The van der Waals surface area contributed by atoms with Crippen molar-refractivity contribution in [1.29, 1.82) is 0 Å². The van der Waals surface area contributed by atoms with Crippen molar-refractivity contribution in [3.8, 4) is 28.5 Å². The van der Waals surface area contributed by atoms with Gasteiger partial charge in [0.25, 0.3) is 5.91 Å². The number of H-pyrrole nitrogens is 1. The Morgan fingerprint density at radius 3 is 2.75 bits per heavy atom. The molecule has 1 aliphatic heterocycles. The second-order valence-electron chi connectivity index (χ2n) is 8.31. The van der Waals surface area contributed by atoms with Crippen LogP contribution in [0, 0.1) is 0 Å². The van der Waals surface area contributed by atoms with E-state index in [1.807, 2.05) is 43.3 Å². The number of carbonyl (C=O) groups excluding carboxylic acids is 1. The molecular weight excluding hydrogens is 456 g/mol. The molecule has 0 fully saturated rings. The fourth-order valence-corrected chi connectivity index (χ4v) is 4.50. The normalized spacial score (nSPS) is 14.5. The largest absolute Gasteiger partial charge is 0.507 e. The molecule has 2 aromatic carbocycles. The second-order valence-corrected chi connectivity index (χ2v) is 8.31. The highest BCUT2D eigenvalue weighted by Crippen LogP contribution is 2.46. The summed E-state index contributed by atoms with van der Waals surface area (Å²) in [6, 6.07) is 15.9. The van der Waals surface area contributed by atoms with E-state index in [0.717, 1.165) is 11.1 Å². The van der Waals surface area contributed by atoms with Crippen LogP contribution in [0.5, 0.6) is 17.2 Å². The van der Waals surface area contributed by atoms with Crippen molar-refractivity contribution in [2.24, 2.45) is 0 Å². The summed E-state index contributed by atoms with van der Waals surface area (Å²) in [5.41, 5.74) is 3.90. The van der Waals surface area contributed by atoms with Crippen LogP contribution in [0.3, 0.4) is 0 Å². The van der Waals surface area contributed by atoms with Crippen LogP contribution < -0.4 is 9.47 Å². The lowest BCUT2D eigenvalue weighted by molar-refractivity contribution is 0.0729. The number of nitrogens with one attached hydrogen (secondary N) is 1. The molecule has 36 heavy (non-hydrogen) atoms. The zero-order valence-electron chi connectivity index (χ0n) is 19.8. The van der Waals surface area contributed by atoms with E-state index in [4.69, 9.17) is 9.47 Å². The van der Waals surface area contributed by atoms with Crippen molar-refractivity contribution in [1.82, 2.24) is 20.1 Å². The number of carbonyl (C=O) groups is 1. The van der Waals surface area contributed by atoms with E-state index in [9.17, 15) is 9.90 Å². The van der Waals surface area contributed by atoms with Gasteiger partial charge >= 0.3 is 0 Å². The number of aromatic nitrogens is 3. The lowest BCUT2D eigenvalue weighted by Gasteiger charge is -2.27. The number of phenols is 1. The van der Waals surface area contributed by atoms with Crippen molar-refractivity contribution in [2.75, 3.05) is 13.2 Å². The summed E-state index contributed by atoms with van der Waals surface area (Å²) in [7, 11) is 0. The van der Waals surface area contributed by atoms with Crippen molar-refractivity contribution < 1.29 is 19.4 Å². The predicted molar refractivity (Wildman–Crippen MR) is 135 cm³/mol. The number of fused-ring (bicyclic) bond motifs is 1. The molecule has 1 atom stereocenters. The third-order valence-electron chi connectivity index (χ3n) is 6.04. The minimum absolute atomic E-state index is 0.0897. The van der Waals surface area contributed by atoms with E-state index in [1.54, 1.807) is 41.6 Å². The van der Waals surface area contributed by atoms with Crippen LogP contribution in [0.15, 0.2) is 79.6 Å². The molecule has 5 rings (SSSR count). The molecule has 0 saturated heterocycles. The Morgan fingerprint density at radius 1 is 1.14 bits per heavy atom. The molecular formula is C28H26N4O4. The van der Waals surface area contributed by atoms with Gasteiger partial charge in [0.2, 0.25) is 0 Å². The summed E-state index contributed by atoms with van der Waals surface area (Å²) < 4.78 is 11.7. The Balaban J connectivity index is 1.65. The first kappa shape index (κ1) is 23.2. The molecule has 2 N–H and O–H groups in total. The molecule has 0 unspecified atom stereocenters. The minimum Gasteiger partial charge on any atom is -0.507 e. The number of rotatable bonds is 9. The van der Waals surface area contributed by atoms with Crippen LogP contribution in [0.2, 0.25) is 0 Å². The smallest absolute Gasteiger partial charge is 0.273 e. The SMILES string of the molecule is C=CCOc1ccc([C@@H]2c3c(-c4ccccc4O)n[nH]c3C(=O)N2Cc2cccnc2)cc1OCC. The topological polar surface area (TPSA) is 101 Å². The fourth-order valence-electron chi connectivity index (χ4n) is 4.50. The molecule has 1 aliphatic rings. The van der Waals surface area contributed by atoms with Crippen LogP contribution in [0.1, 0.15) is 40.1 Å². The number of phenolic OH excluding ortho intramolecular Hbond substituents is 1. The van der Waals surface area contributed by atoms with Gasteiger partial charge in [0.05, 0.1) is 12.6 Å². The quantitative estimate of drug-likeness (QED) is 0.330. The van der Waals surface area contributed by atoms with Crippen LogP contribution in [-0.2, 0) is 6.54 Å². The van der Waals surface area contributed by atoms with Gasteiger partial charge in [0.1, 0.15) is 23.7 Å². The maximum absolute atomic E-state index is 13.6. The van der Waals surface area contributed by atoms with Gasteiger partial charge in [-0.05, 0) is 48.4 Å². The highest BCUT2D eigenvalue weighted by Gasteiger charge is 2.42. The Hall–Kier alpha value is -4.59. The van der Waals surface area contributed by atoms with Crippen molar-refractivity contribution in [3.05, 3.63) is 102 Å². The van der Waals surface area contributed by atoms with E-state index < -0.39 is 6.04 Å². The number of hydrogen-bond acceptors (Lipinski definition) is 6. The number of hydrogen-bond donors (Lipinski definition) is 2. The summed E-state index contributed by atoms with van der Waals surface area (Å²) in [6.07, 6.45) is 5.12. The number of ether oxygens (including phenoxy) is 2. The van der Waals surface area contributed by atoms with Crippen LogP contribution in [0.25, 0.3) is 11.3 Å². The lowest BCUT2D eigenvalue weighted by atomic mass is 9.95. The lowest BCUT2D eigenvalue weighted by Crippen LogP contribution is -2.29. The molecule has 0 aliphatic carbocycles. The van der Waals surface area contributed by atoms with Crippen LogP contribution >= 0.6 is 0 Å². The van der Waals surface area contributed by atoms with Gasteiger partial charge in [-0.25, -0.2) is 0 Å². The molecule has 0 saturated carbocycles. The first-order valence-electron chi connectivity index (χ1n) is 11.7. The standard InChI is InChI=1S/C28H26N4O4/c1-3-14-36-22-12-11-19(15-23(22)35-4-2)27-24-25(20-9-5-6-10-21(20)33)30-31-26(24)28(34)32(27)17-18-8-7-13-29-16-18/h3,5-13,15-16,27,33H,1,4,14,17H2,2H3,(H,30,31)/t27-/m1/s1. The number of benzene rings is 2. The van der Waals surface area contributed by atoms with Gasteiger partial charge in [-0.2, -0.15) is 5.10 Å². The highest BCUT2D eigenvalue weighted by atomic mass is 16.5. The number of pyridine rings is 1. The monoisotopic (exact) mass is 482 g/mol. The third-order valence-corrected chi connectivity index (χ3v) is 6.04. The summed E-state index contributed by atoms with van der Waals surface area (Å²) in [4.78, 5) is 19.6. The molecule has 0 spiro atoms. The average Bonchev–Trinajstić information content (AvgIpc) is 3.43. The summed E-state index contributed by atoms with van der Waals surface area (Å²) in [5.74, 6) is 1.08. The summed E-state index contributed by atoms with van der Waals surface area (Å²) >= 11 is 0. The zero-order chi connectivity index (χ0) is 25.1. The molecule has 0 bridgehead atoms. The number of nitrogens with zero attached hydrogens (tertiary/aromatic N) is 3. The first-order chi connectivity index (χ1) is 17.6. The van der Waals surface area contributed by atoms with Gasteiger partial charge in [0, 0.05) is 30.1 Å². The van der Waals surface area contributed by atoms with Crippen LogP contribution in [-0.4, -0.2) is 44.3 Å². The highest BCUT2D eigenvalue weighted by molar-refractivity contribution is 6.00. The van der Waals surface area contributed by atoms with Crippen LogP contribution in [0.4, 0.5) is 0 Å². The number of amides is 1. The van der Waals surface area contributed by atoms with E-state index in [0.29, 0.717) is 53.8 Å². The Bertz CT molecular complexity index is 1400. The van der Waals surface area contributed by atoms with E-state index in [-0.39, 0.29) is 11.7 Å². The molecule has 182 valence electrons. The molecule has 1 amide bonds. The molecule has 3 heterocycles. The number of aromatic amines is 1. The third kappa shape index (κ3) is 4.17. The number of aromatic hydroxyl groups is 1. The van der Waals surface area contributed by atoms with Gasteiger partial charge in [0.15, 0.2) is 11.5 Å². The maximum Gasteiger partial charge on any atom is 0.273 e. The molecule has 2 aromatic heterocycles. The van der Waals surface area contributed by atoms with E-state index >= 15 is 0 Å². The van der Waals surface area contributed by atoms with Gasteiger partial charge in [-0.3, -0.25) is 14.9 Å². The minimum atomic E-state index is -0.478. The maximum atomic E-state index is 13.6. The van der Waals surface area contributed by atoms with E-state index in [2.05, 4.69) is 21.8 Å². The molecule has 8 nitrogen and oxygen atoms in total. The Morgan fingerprint density at radius 2 is 2.00 bits per heavy atom. The summed E-state index contributed by atoms with van der Waals surface area (Å²) in [6.45, 7) is 6.76. The van der Waals surface area contributed by atoms with Crippen molar-refractivity contribution >= 4 is 5.91 Å². The summed E-state index contributed by atoms with van der Waals surface area (Å²) in [5, 5.41) is 17.9. The average molecular weight is 483 g/mol. The fraction of sp³-hybridized carbons (Fsp3) is 0.179. The number of para-hydroxylation sites is 1. The van der Waals surface area contributed by atoms with Crippen molar-refractivity contribution in [2.45, 2.75) is 19.5 Å². The second kappa shape index (κ2) is 9.95. The zero-order valence-corrected chi connectivity index (χ0v) is 19.8. The van der Waals surface area contributed by atoms with Crippen molar-refractivity contribution in [3.63, 3.8) is 0 Å². The molecule has 0 radical (unpaired) electrons. The van der Waals surface area contributed by atoms with Gasteiger partial charge < -0.3 is 19.5 Å². The van der Waals surface area contributed by atoms with E-state index in [1.165, 1.54) is 0 Å². The first-order valence-corrected chi connectivity index (χ1v) is 11.7. The Kier molecular flexibility index (Phi) is 6.40. The van der Waals surface area contributed by atoms with Gasteiger partial charge in [-0.1, -0.05) is 36.9 Å². The molecule has 8 heteroatoms. The van der Waals surface area contributed by atoms with Gasteiger partial charge in [-0.15, -0.1) is 0 Å². The predicted octanol–water partition coefficient (Wildman–Crippen LogP) is 4.89.